The number of aryl methyl sites for hydroxylation is 1. The van der Waals surface area contributed by atoms with Gasteiger partial charge in [-0.15, -0.1) is 0 Å². The van der Waals surface area contributed by atoms with E-state index < -0.39 is 5.92 Å². The highest BCUT2D eigenvalue weighted by Gasteiger charge is 2.40. The van der Waals surface area contributed by atoms with E-state index in [0.29, 0.717) is 77.3 Å². The van der Waals surface area contributed by atoms with Crippen LogP contribution in [0.1, 0.15) is 46.7 Å². The van der Waals surface area contributed by atoms with E-state index in [1.54, 1.807) is 26.9 Å². The van der Waals surface area contributed by atoms with Gasteiger partial charge in [-0.1, -0.05) is 12.1 Å². The van der Waals surface area contributed by atoms with Gasteiger partial charge in [0.1, 0.15) is 24.2 Å². The number of nitrogens with zero attached hydrogens (tertiary/aromatic N) is 5. The Morgan fingerprint density at radius 3 is 2.71 bits per heavy atom. The lowest BCUT2D eigenvalue weighted by molar-refractivity contribution is -0.131. The maximum Gasteiger partial charge on any atom is 0.290 e. The topological polar surface area (TPSA) is 156 Å². The molecule has 3 aliphatic heterocycles. The fourth-order valence-corrected chi connectivity index (χ4v) is 6.05. The number of carbonyl (C=O) groups is 4. The van der Waals surface area contributed by atoms with Crippen molar-refractivity contribution < 1.29 is 33.8 Å². The third-order valence-corrected chi connectivity index (χ3v) is 8.29. The first-order chi connectivity index (χ1) is 22.0. The number of carboxylic acid groups (broad SMARTS) is 1. The van der Waals surface area contributed by atoms with E-state index in [2.05, 4.69) is 15.4 Å². The van der Waals surface area contributed by atoms with E-state index in [9.17, 15) is 14.4 Å². The summed E-state index contributed by atoms with van der Waals surface area (Å²) in [6.45, 7) is 3.49. The predicted molar refractivity (Wildman–Crippen MR) is 162 cm³/mol. The first-order valence-corrected chi connectivity index (χ1v) is 15.2. The maximum absolute atomic E-state index is 13.6. The van der Waals surface area contributed by atoms with E-state index in [-0.39, 0.29) is 30.1 Å². The van der Waals surface area contributed by atoms with E-state index in [1.165, 1.54) is 6.33 Å². The van der Waals surface area contributed by atoms with Crippen LogP contribution in [0.15, 0.2) is 55.1 Å². The molecule has 2 N–H and O–H groups in total. The molecule has 0 unspecified atom stereocenters. The summed E-state index contributed by atoms with van der Waals surface area (Å²) < 4.78 is 13.4. The van der Waals surface area contributed by atoms with Gasteiger partial charge in [0.05, 0.1) is 19.1 Å². The number of amides is 3. The van der Waals surface area contributed by atoms with Crippen molar-refractivity contribution in [2.45, 2.75) is 38.1 Å². The second kappa shape index (κ2) is 15.2. The van der Waals surface area contributed by atoms with Crippen LogP contribution >= 0.6 is 0 Å². The smallest absolute Gasteiger partial charge is 0.290 e. The van der Waals surface area contributed by atoms with Crippen molar-refractivity contribution in [3.63, 3.8) is 0 Å². The molecule has 6 rings (SSSR count). The fourth-order valence-electron chi connectivity index (χ4n) is 6.05. The Labute approximate surface area is 261 Å². The number of fused-ring (bicyclic) bond motifs is 5. The van der Waals surface area contributed by atoms with Gasteiger partial charge in [0, 0.05) is 63.6 Å². The van der Waals surface area contributed by atoms with Crippen molar-refractivity contribution in [2.75, 3.05) is 45.9 Å². The molecule has 0 spiro atoms. The molecule has 3 aromatic rings. The average molecular weight is 619 g/mol. The summed E-state index contributed by atoms with van der Waals surface area (Å²) in [5.41, 5.74) is 2.65. The third kappa shape index (κ3) is 7.97. The zero-order valence-electron chi connectivity index (χ0n) is 25.0. The summed E-state index contributed by atoms with van der Waals surface area (Å²) >= 11 is 0. The highest BCUT2D eigenvalue weighted by atomic mass is 16.5. The predicted octanol–water partition coefficient (Wildman–Crippen LogP) is 1.98. The normalized spacial score (nSPS) is 19.4. The van der Waals surface area contributed by atoms with Gasteiger partial charge in [0.2, 0.25) is 11.8 Å². The number of hydrogen-bond acceptors (Lipinski definition) is 8. The SMILES string of the molecule is O=C1NCCN(C(=O)c2ccc3c(c2)CCO3)CCCOc2cccc(c2)[C@H]2CN(C(=O)CCCn3cncn3)C[C@H]12.O=CO. The minimum atomic E-state index is -0.400. The molecule has 0 aliphatic carbocycles. The van der Waals surface area contributed by atoms with Crippen molar-refractivity contribution >= 4 is 24.2 Å². The molecule has 4 heterocycles. The molecule has 45 heavy (non-hydrogen) atoms. The molecule has 2 aromatic carbocycles. The van der Waals surface area contributed by atoms with Gasteiger partial charge in [0.25, 0.3) is 12.4 Å². The first-order valence-electron chi connectivity index (χ1n) is 15.2. The van der Waals surface area contributed by atoms with Crippen molar-refractivity contribution in [2.24, 2.45) is 5.92 Å². The lowest BCUT2D eigenvalue weighted by Gasteiger charge is -2.25. The van der Waals surface area contributed by atoms with E-state index in [0.717, 1.165) is 29.0 Å². The lowest BCUT2D eigenvalue weighted by Crippen LogP contribution is -2.42. The van der Waals surface area contributed by atoms with Crippen LogP contribution < -0.4 is 14.8 Å². The molecule has 0 radical (unpaired) electrons. The van der Waals surface area contributed by atoms with Crippen LogP contribution in [-0.2, 0) is 27.3 Å². The van der Waals surface area contributed by atoms with Gasteiger partial charge in [-0.2, -0.15) is 5.10 Å². The zero-order chi connectivity index (χ0) is 31.6. The van der Waals surface area contributed by atoms with Gasteiger partial charge < -0.3 is 29.7 Å². The van der Waals surface area contributed by atoms with Gasteiger partial charge in [-0.3, -0.25) is 23.9 Å². The molecule has 1 aromatic heterocycles. The van der Waals surface area contributed by atoms with Crippen LogP contribution in [0.5, 0.6) is 11.5 Å². The van der Waals surface area contributed by atoms with Gasteiger partial charge >= 0.3 is 0 Å². The molecule has 13 nitrogen and oxygen atoms in total. The summed E-state index contributed by atoms with van der Waals surface area (Å²) in [5, 5.41) is 14.1. The van der Waals surface area contributed by atoms with E-state index in [4.69, 9.17) is 19.4 Å². The third-order valence-electron chi connectivity index (χ3n) is 8.29. The summed E-state index contributed by atoms with van der Waals surface area (Å²) in [5.74, 6) is 0.850. The fraction of sp³-hybridized carbons (Fsp3) is 0.438. The molecular formula is C32H38N6O7. The Balaban J connectivity index is 0.00000128. The standard InChI is InChI=1S/C31H36N6O5.CH2O2/c38-29(6-2-12-37-21-32-20-34-37)36-18-26-22-4-1-5-25(17-22)41-14-3-11-35(13-10-33-30(39)27(26)19-36)31(40)24-7-8-28-23(16-24)9-15-42-28;2-1-3/h1,4-5,7-8,16-17,20-21,26-27H,2-3,6,9-15,18-19H2,(H,33,39);1H,(H,2,3)/t26-,27+;/m1./s1. The zero-order valence-corrected chi connectivity index (χ0v) is 25.0. The highest BCUT2D eigenvalue weighted by Crippen LogP contribution is 2.35. The minimum Gasteiger partial charge on any atom is -0.494 e. The van der Waals surface area contributed by atoms with Gasteiger partial charge in [0.15, 0.2) is 0 Å². The average Bonchev–Trinajstić information content (AvgIpc) is 3.83. The van der Waals surface area contributed by atoms with Crippen LogP contribution in [0.3, 0.4) is 0 Å². The molecule has 2 bridgehead atoms. The van der Waals surface area contributed by atoms with Crippen LogP contribution in [0.25, 0.3) is 0 Å². The number of likely N-dealkylation sites (tertiary alicyclic amines) is 1. The summed E-state index contributed by atoms with van der Waals surface area (Å²) in [4.78, 5) is 56.1. The Kier molecular flexibility index (Phi) is 10.6. The number of aromatic nitrogens is 3. The molecule has 3 amide bonds. The maximum atomic E-state index is 13.6. The van der Waals surface area contributed by atoms with Crippen LogP contribution in [-0.4, -0.2) is 99.8 Å². The molecule has 1 saturated heterocycles. The van der Waals surface area contributed by atoms with Crippen molar-refractivity contribution in [1.82, 2.24) is 29.9 Å². The number of rotatable bonds is 5. The van der Waals surface area contributed by atoms with Crippen molar-refractivity contribution in [3.8, 4) is 11.5 Å². The number of ether oxygens (including phenoxy) is 2. The monoisotopic (exact) mass is 618 g/mol. The second-order valence-corrected chi connectivity index (χ2v) is 11.2. The van der Waals surface area contributed by atoms with Gasteiger partial charge in [-0.05, 0) is 54.3 Å². The van der Waals surface area contributed by atoms with Crippen LogP contribution in [0.4, 0.5) is 0 Å². The van der Waals surface area contributed by atoms with Crippen LogP contribution in [0, 0.1) is 5.92 Å². The Morgan fingerprint density at radius 1 is 1.04 bits per heavy atom. The van der Waals surface area contributed by atoms with E-state index in [1.807, 2.05) is 36.4 Å². The summed E-state index contributed by atoms with van der Waals surface area (Å²) in [6, 6.07) is 13.4. The second-order valence-electron chi connectivity index (χ2n) is 11.2. The molecule has 2 atom stereocenters. The van der Waals surface area contributed by atoms with E-state index >= 15 is 0 Å². The molecule has 3 aliphatic rings. The number of hydrogen-bond donors (Lipinski definition) is 2. The van der Waals surface area contributed by atoms with Crippen molar-refractivity contribution in [1.29, 1.82) is 0 Å². The molecule has 0 saturated carbocycles. The number of carbonyl (C=O) groups excluding carboxylic acids is 3. The Morgan fingerprint density at radius 2 is 1.89 bits per heavy atom. The Hall–Kier alpha value is -4.94. The molecule has 1 fully saturated rings. The van der Waals surface area contributed by atoms with Crippen molar-refractivity contribution in [3.05, 3.63) is 71.8 Å². The highest BCUT2D eigenvalue weighted by molar-refractivity contribution is 5.94. The minimum absolute atomic E-state index is 0.0252. The lowest BCUT2D eigenvalue weighted by atomic mass is 9.88. The summed E-state index contributed by atoms with van der Waals surface area (Å²) in [7, 11) is 0. The number of nitrogens with one attached hydrogen (secondary N) is 1. The molecule has 238 valence electrons. The first kappa shape index (κ1) is 31.5. The van der Waals surface area contributed by atoms with Gasteiger partial charge in [-0.25, -0.2) is 4.98 Å². The Bertz CT molecular complexity index is 1480. The largest absolute Gasteiger partial charge is 0.494 e. The van der Waals surface area contributed by atoms with Crippen LogP contribution in [0.2, 0.25) is 0 Å². The summed E-state index contributed by atoms with van der Waals surface area (Å²) in [6.07, 6.45) is 5.58. The number of benzene rings is 2. The quantitative estimate of drug-likeness (QED) is 0.408. The molecular weight excluding hydrogens is 580 g/mol. The molecule has 13 heteroatoms.